The van der Waals surface area contributed by atoms with Gasteiger partial charge in [-0.15, -0.1) is 0 Å². The summed E-state index contributed by atoms with van der Waals surface area (Å²) in [5.74, 6) is 0.878. The maximum atomic E-state index is 4.11. The first-order chi connectivity index (χ1) is 5.86. The van der Waals surface area contributed by atoms with E-state index in [1.807, 2.05) is 17.8 Å². The van der Waals surface area contributed by atoms with Crippen molar-refractivity contribution in [3.05, 3.63) is 18.2 Å². The fourth-order valence-corrected chi connectivity index (χ4v) is 0.914. The molecule has 12 heavy (non-hydrogen) atoms. The van der Waals surface area contributed by atoms with Crippen molar-refractivity contribution in [2.45, 2.75) is 18.9 Å². The van der Waals surface area contributed by atoms with Crippen LogP contribution in [0.2, 0.25) is 0 Å². The molecule has 4 nitrogen and oxygen atoms in total. The smallest absolute Gasteiger partial charge is 0.152 e. The summed E-state index contributed by atoms with van der Waals surface area (Å²) in [5, 5.41) is 4.08. The van der Waals surface area contributed by atoms with Gasteiger partial charge in [-0.3, -0.25) is 0 Å². The van der Waals surface area contributed by atoms with E-state index in [9.17, 15) is 0 Å². The number of aromatic nitrogens is 2. The molecule has 1 heterocycles. The van der Waals surface area contributed by atoms with Gasteiger partial charge >= 0.3 is 0 Å². The molecule has 1 N–H and O–H groups in total. The van der Waals surface area contributed by atoms with Gasteiger partial charge in [-0.05, 0) is 12.8 Å². The minimum absolute atomic E-state index is 0.613. The summed E-state index contributed by atoms with van der Waals surface area (Å²) in [6.45, 7) is 0. The van der Waals surface area contributed by atoms with Crippen LogP contribution in [0.3, 0.4) is 0 Å². The van der Waals surface area contributed by atoms with Crippen LogP contribution in [0.4, 0.5) is 0 Å². The van der Waals surface area contributed by atoms with Gasteiger partial charge in [0, 0.05) is 25.5 Å². The van der Waals surface area contributed by atoms with Gasteiger partial charge in [0.15, 0.2) is 5.82 Å². The highest BCUT2D eigenvalue weighted by atomic mass is 15.3. The minimum atomic E-state index is 0.613. The van der Waals surface area contributed by atoms with Crippen molar-refractivity contribution in [2.75, 3.05) is 0 Å². The van der Waals surface area contributed by atoms with Crippen LogP contribution < -0.4 is 5.43 Å². The van der Waals surface area contributed by atoms with Gasteiger partial charge < -0.3 is 9.99 Å². The van der Waals surface area contributed by atoms with E-state index in [1.54, 1.807) is 12.4 Å². The molecule has 0 spiro atoms. The van der Waals surface area contributed by atoms with Crippen molar-refractivity contribution in [3.63, 3.8) is 0 Å². The van der Waals surface area contributed by atoms with Crippen LogP contribution in [0.5, 0.6) is 0 Å². The molecule has 64 valence electrons. The lowest BCUT2D eigenvalue weighted by atomic mass is 10.6. The third-order valence-corrected chi connectivity index (χ3v) is 1.87. The molecule has 0 saturated heterocycles. The lowest BCUT2D eigenvalue weighted by molar-refractivity contribution is 0.739. The van der Waals surface area contributed by atoms with Gasteiger partial charge in [0.1, 0.15) is 0 Å². The summed E-state index contributed by atoms with van der Waals surface area (Å²) in [6, 6.07) is 0.613. The largest absolute Gasteiger partial charge is 0.333 e. The second-order valence-corrected chi connectivity index (χ2v) is 3.06. The number of nitrogens with zero attached hydrogens (tertiary/aromatic N) is 3. The zero-order valence-electron chi connectivity index (χ0n) is 7.07. The molecule has 1 aliphatic carbocycles. The lowest BCUT2D eigenvalue weighted by Crippen LogP contribution is -2.08. The summed E-state index contributed by atoms with van der Waals surface area (Å²) >= 11 is 0. The molecule has 1 aromatic rings. The predicted molar refractivity (Wildman–Crippen MR) is 47.0 cm³/mol. The number of imidazole rings is 1. The Morgan fingerprint density at radius 3 is 3.17 bits per heavy atom. The Morgan fingerprint density at radius 1 is 1.75 bits per heavy atom. The highest BCUT2D eigenvalue weighted by molar-refractivity contribution is 5.74. The zero-order chi connectivity index (χ0) is 8.39. The molecule has 1 aromatic heterocycles. The van der Waals surface area contributed by atoms with Crippen LogP contribution >= 0.6 is 0 Å². The van der Waals surface area contributed by atoms with Crippen molar-refractivity contribution in [1.29, 1.82) is 0 Å². The molecule has 0 aliphatic heterocycles. The fraction of sp³-hybridized carbons (Fsp3) is 0.500. The molecule has 4 heteroatoms. The first-order valence-electron chi connectivity index (χ1n) is 4.12. The number of hydrogen-bond acceptors (Lipinski definition) is 3. The summed E-state index contributed by atoms with van der Waals surface area (Å²) in [6.07, 6.45) is 7.91. The zero-order valence-corrected chi connectivity index (χ0v) is 7.07. The molecule has 2 rings (SSSR count). The Labute approximate surface area is 71.3 Å². The van der Waals surface area contributed by atoms with Crippen LogP contribution in [0.1, 0.15) is 18.7 Å². The van der Waals surface area contributed by atoms with E-state index in [0.29, 0.717) is 6.04 Å². The van der Waals surface area contributed by atoms with E-state index < -0.39 is 0 Å². The summed E-state index contributed by atoms with van der Waals surface area (Å²) in [4.78, 5) is 4.11. The first-order valence-corrected chi connectivity index (χ1v) is 4.12. The average Bonchev–Trinajstić information content (AvgIpc) is 2.78. The Kier molecular flexibility index (Phi) is 1.81. The molecular formula is C8H12N4. The number of nitrogens with one attached hydrogen (secondary N) is 1. The van der Waals surface area contributed by atoms with Crippen molar-refractivity contribution in [1.82, 2.24) is 15.0 Å². The van der Waals surface area contributed by atoms with Crippen LogP contribution in [-0.2, 0) is 7.05 Å². The SMILES string of the molecule is Cn1ccnc1/C=N/NC1CC1. The topological polar surface area (TPSA) is 42.2 Å². The van der Waals surface area contributed by atoms with Crippen molar-refractivity contribution in [3.8, 4) is 0 Å². The lowest BCUT2D eigenvalue weighted by Gasteiger charge is -1.94. The highest BCUT2D eigenvalue weighted by Crippen LogP contribution is 2.18. The Bertz CT molecular complexity index is 285. The van der Waals surface area contributed by atoms with Crippen LogP contribution in [0.25, 0.3) is 0 Å². The van der Waals surface area contributed by atoms with Crippen molar-refractivity contribution >= 4 is 6.21 Å². The standard InChI is InChI=1S/C8H12N4/c1-12-5-4-9-8(12)6-10-11-7-2-3-7/h4-7,11H,2-3H2,1H3/b10-6+. The van der Waals surface area contributed by atoms with Crippen molar-refractivity contribution in [2.24, 2.45) is 12.1 Å². The second kappa shape index (κ2) is 2.97. The second-order valence-electron chi connectivity index (χ2n) is 3.06. The molecule has 0 atom stereocenters. The first kappa shape index (κ1) is 7.34. The molecule has 1 saturated carbocycles. The molecule has 0 aromatic carbocycles. The number of hydrazone groups is 1. The maximum Gasteiger partial charge on any atom is 0.152 e. The normalized spacial score (nSPS) is 17.1. The van der Waals surface area contributed by atoms with E-state index in [2.05, 4.69) is 15.5 Å². The predicted octanol–water partition coefficient (Wildman–Crippen LogP) is 0.506. The fourth-order valence-electron chi connectivity index (χ4n) is 0.914. The molecule has 1 fully saturated rings. The van der Waals surface area contributed by atoms with Gasteiger partial charge in [0.25, 0.3) is 0 Å². The average molecular weight is 164 g/mol. The monoisotopic (exact) mass is 164 g/mol. The van der Waals surface area contributed by atoms with Crippen LogP contribution in [0.15, 0.2) is 17.5 Å². The summed E-state index contributed by atoms with van der Waals surface area (Å²) < 4.78 is 1.93. The summed E-state index contributed by atoms with van der Waals surface area (Å²) in [7, 11) is 1.95. The third kappa shape index (κ3) is 1.64. The van der Waals surface area contributed by atoms with E-state index in [0.717, 1.165) is 5.82 Å². The van der Waals surface area contributed by atoms with Gasteiger partial charge in [0.2, 0.25) is 0 Å². The summed E-state index contributed by atoms with van der Waals surface area (Å²) in [5.41, 5.74) is 3.04. The Hall–Kier alpha value is -1.32. The van der Waals surface area contributed by atoms with E-state index in [-0.39, 0.29) is 0 Å². The molecule has 1 aliphatic rings. The maximum absolute atomic E-state index is 4.11. The van der Waals surface area contributed by atoms with Crippen LogP contribution in [-0.4, -0.2) is 21.8 Å². The van der Waals surface area contributed by atoms with Gasteiger partial charge in [-0.25, -0.2) is 4.98 Å². The van der Waals surface area contributed by atoms with Gasteiger partial charge in [-0.2, -0.15) is 5.10 Å². The van der Waals surface area contributed by atoms with E-state index in [1.165, 1.54) is 12.8 Å². The molecule has 0 bridgehead atoms. The quantitative estimate of drug-likeness (QED) is 0.522. The number of hydrogen-bond donors (Lipinski definition) is 1. The molecule has 0 amide bonds. The Morgan fingerprint density at radius 2 is 2.58 bits per heavy atom. The molecular weight excluding hydrogens is 152 g/mol. The Balaban J connectivity index is 1.92. The number of aryl methyl sites for hydroxylation is 1. The van der Waals surface area contributed by atoms with E-state index in [4.69, 9.17) is 0 Å². The third-order valence-electron chi connectivity index (χ3n) is 1.87. The highest BCUT2D eigenvalue weighted by Gasteiger charge is 2.19. The van der Waals surface area contributed by atoms with Gasteiger partial charge in [0.05, 0.1) is 6.21 Å². The molecule has 0 unspecified atom stereocenters. The van der Waals surface area contributed by atoms with Crippen molar-refractivity contribution < 1.29 is 0 Å². The molecule has 0 radical (unpaired) electrons. The van der Waals surface area contributed by atoms with Gasteiger partial charge in [-0.1, -0.05) is 0 Å². The van der Waals surface area contributed by atoms with E-state index >= 15 is 0 Å². The van der Waals surface area contributed by atoms with Crippen LogP contribution in [0, 0.1) is 0 Å². The minimum Gasteiger partial charge on any atom is -0.333 e. The number of rotatable bonds is 3.